The van der Waals surface area contributed by atoms with Gasteiger partial charge in [0.05, 0.1) is 20.3 Å². The molecule has 1 amide bonds. The van der Waals surface area contributed by atoms with E-state index < -0.39 is 0 Å². The third-order valence-electron chi connectivity index (χ3n) is 4.57. The van der Waals surface area contributed by atoms with Crippen molar-refractivity contribution in [2.24, 2.45) is 0 Å². The van der Waals surface area contributed by atoms with Gasteiger partial charge in [-0.1, -0.05) is 24.3 Å². The van der Waals surface area contributed by atoms with Crippen LogP contribution in [0, 0.1) is 0 Å². The number of hydrogen-bond acceptors (Lipinski definition) is 3. The van der Waals surface area contributed by atoms with Crippen LogP contribution in [0.5, 0.6) is 11.5 Å². The number of amides is 1. The molecule has 0 unspecified atom stereocenters. The van der Waals surface area contributed by atoms with Gasteiger partial charge in [0.15, 0.2) is 0 Å². The van der Waals surface area contributed by atoms with Crippen molar-refractivity contribution in [1.29, 1.82) is 0 Å². The fraction of sp³-hybridized carbons (Fsp3) is 0.286. The van der Waals surface area contributed by atoms with E-state index in [0.29, 0.717) is 0 Å². The summed E-state index contributed by atoms with van der Waals surface area (Å²) in [4.78, 5) is 14.6. The minimum atomic E-state index is 0.0501. The Kier molecular flexibility index (Phi) is 5.39. The molecule has 1 heterocycles. The Morgan fingerprint density at radius 3 is 2.20 bits per heavy atom. The summed E-state index contributed by atoms with van der Waals surface area (Å²) in [5.74, 6) is 1.69. The first-order chi connectivity index (χ1) is 12.2. The highest BCUT2D eigenvalue weighted by Crippen LogP contribution is 2.33. The molecule has 4 heteroatoms. The van der Waals surface area contributed by atoms with Gasteiger partial charge in [-0.15, -0.1) is 0 Å². The second kappa shape index (κ2) is 7.88. The second-order valence-corrected chi connectivity index (χ2v) is 6.07. The summed E-state index contributed by atoms with van der Waals surface area (Å²) in [6.45, 7) is 0.794. The highest BCUT2D eigenvalue weighted by molar-refractivity contribution is 5.92. The smallest absolute Gasteiger partial charge is 0.247 e. The standard InChI is InChI=1S/C21H23NO3/c1-24-18-10-5-16(6-11-18)7-14-21(23)22-15-3-4-20(22)17-8-12-19(25-2)13-9-17/h5-14,20H,3-4,15H2,1-2H3/b14-7+/t20-/m0/s1. The van der Waals surface area contributed by atoms with E-state index in [4.69, 9.17) is 9.47 Å². The molecule has 0 aliphatic carbocycles. The van der Waals surface area contributed by atoms with E-state index in [9.17, 15) is 4.79 Å². The van der Waals surface area contributed by atoms with Gasteiger partial charge >= 0.3 is 0 Å². The molecule has 130 valence electrons. The molecular formula is C21H23NO3. The molecule has 2 aromatic rings. The largest absolute Gasteiger partial charge is 0.497 e. The Balaban J connectivity index is 1.70. The van der Waals surface area contributed by atoms with Gasteiger partial charge in [0.1, 0.15) is 11.5 Å². The van der Waals surface area contributed by atoms with Crippen LogP contribution in [0.25, 0.3) is 6.08 Å². The minimum Gasteiger partial charge on any atom is -0.497 e. The summed E-state index contributed by atoms with van der Waals surface area (Å²) in [6.07, 6.45) is 5.53. The second-order valence-electron chi connectivity index (χ2n) is 6.07. The summed E-state index contributed by atoms with van der Waals surface area (Å²) < 4.78 is 10.4. The van der Waals surface area contributed by atoms with Gasteiger partial charge in [0.25, 0.3) is 0 Å². The molecule has 1 aliphatic rings. The molecule has 0 saturated carbocycles. The first kappa shape index (κ1) is 17.1. The third-order valence-corrected chi connectivity index (χ3v) is 4.57. The average Bonchev–Trinajstić information content (AvgIpc) is 3.16. The summed E-state index contributed by atoms with van der Waals surface area (Å²) in [6, 6.07) is 15.8. The zero-order valence-electron chi connectivity index (χ0n) is 14.6. The molecule has 0 radical (unpaired) electrons. The van der Waals surface area contributed by atoms with Crippen molar-refractivity contribution in [3.63, 3.8) is 0 Å². The lowest BCUT2D eigenvalue weighted by Crippen LogP contribution is -2.28. The van der Waals surface area contributed by atoms with Crippen LogP contribution in [0.4, 0.5) is 0 Å². The maximum atomic E-state index is 12.6. The van der Waals surface area contributed by atoms with E-state index in [1.807, 2.05) is 59.5 Å². The third kappa shape index (κ3) is 4.02. The van der Waals surface area contributed by atoms with Gasteiger partial charge in [-0.25, -0.2) is 0 Å². The number of nitrogens with zero attached hydrogens (tertiary/aromatic N) is 1. The average molecular weight is 337 g/mol. The van der Waals surface area contributed by atoms with Gasteiger partial charge in [-0.3, -0.25) is 4.79 Å². The van der Waals surface area contributed by atoms with Crippen LogP contribution in [-0.2, 0) is 4.79 Å². The molecule has 4 nitrogen and oxygen atoms in total. The van der Waals surface area contributed by atoms with Crippen LogP contribution in [0.3, 0.4) is 0 Å². The molecule has 1 saturated heterocycles. The number of carbonyl (C=O) groups excluding carboxylic acids is 1. The number of methoxy groups -OCH3 is 2. The molecule has 0 spiro atoms. The Bertz CT molecular complexity index is 735. The van der Waals surface area contributed by atoms with Crippen molar-refractivity contribution in [3.8, 4) is 11.5 Å². The Morgan fingerprint density at radius 2 is 1.60 bits per heavy atom. The number of benzene rings is 2. The van der Waals surface area contributed by atoms with Gasteiger partial charge in [0, 0.05) is 12.6 Å². The lowest BCUT2D eigenvalue weighted by molar-refractivity contribution is -0.126. The Labute approximate surface area is 148 Å². The van der Waals surface area contributed by atoms with Crippen LogP contribution in [-0.4, -0.2) is 31.6 Å². The number of hydrogen-bond donors (Lipinski definition) is 0. The van der Waals surface area contributed by atoms with Crippen molar-refractivity contribution in [2.45, 2.75) is 18.9 Å². The van der Waals surface area contributed by atoms with Gasteiger partial charge in [0.2, 0.25) is 5.91 Å². The predicted octanol–water partition coefficient (Wildman–Crippen LogP) is 4.08. The Morgan fingerprint density at radius 1 is 1.00 bits per heavy atom. The predicted molar refractivity (Wildman–Crippen MR) is 98.7 cm³/mol. The van der Waals surface area contributed by atoms with Gasteiger partial charge in [-0.05, 0) is 54.3 Å². The van der Waals surface area contributed by atoms with Crippen LogP contribution >= 0.6 is 0 Å². The molecule has 0 aromatic heterocycles. The highest BCUT2D eigenvalue weighted by atomic mass is 16.5. The first-order valence-corrected chi connectivity index (χ1v) is 8.48. The van der Waals surface area contributed by atoms with Gasteiger partial charge < -0.3 is 14.4 Å². The van der Waals surface area contributed by atoms with Crippen LogP contribution < -0.4 is 9.47 Å². The summed E-state index contributed by atoms with van der Waals surface area (Å²) in [5, 5.41) is 0. The monoisotopic (exact) mass is 337 g/mol. The van der Waals surface area contributed by atoms with Gasteiger partial charge in [-0.2, -0.15) is 0 Å². The summed E-state index contributed by atoms with van der Waals surface area (Å²) in [7, 11) is 3.30. The van der Waals surface area contributed by atoms with Crippen molar-refractivity contribution in [2.75, 3.05) is 20.8 Å². The number of rotatable bonds is 5. The fourth-order valence-electron chi connectivity index (χ4n) is 3.18. The topological polar surface area (TPSA) is 38.8 Å². The number of carbonyl (C=O) groups is 1. The highest BCUT2D eigenvalue weighted by Gasteiger charge is 2.28. The van der Waals surface area contributed by atoms with Crippen LogP contribution in [0.2, 0.25) is 0 Å². The van der Waals surface area contributed by atoms with Crippen LogP contribution in [0.1, 0.15) is 30.0 Å². The van der Waals surface area contributed by atoms with Crippen LogP contribution in [0.15, 0.2) is 54.6 Å². The molecular weight excluding hydrogens is 314 g/mol. The summed E-state index contributed by atoms with van der Waals surface area (Å²) >= 11 is 0. The molecule has 25 heavy (non-hydrogen) atoms. The fourth-order valence-corrected chi connectivity index (χ4v) is 3.18. The van der Waals surface area contributed by atoms with E-state index in [1.165, 1.54) is 0 Å². The minimum absolute atomic E-state index is 0.0501. The van der Waals surface area contributed by atoms with E-state index in [-0.39, 0.29) is 11.9 Å². The molecule has 0 bridgehead atoms. The molecule has 2 aromatic carbocycles. The summed E-state index contributed by atoms with van der Waals surface area (Å²) in [5.41, 5.74) is 2.14. The lowest BCUT2D eigenvalue weighted by atomic mass is 10.0. The molecule has 1 aliphatic heterocycles. The Hall–Kier alpha value is -2.75. The lowest BCUT2D eigenvalue weighted by Gasteiger charge is -2.24. The zero-order valence-corrected chi connectivity index (χ0v) is 14.6. The molecule has 3 rings (SSSR count). The van der Waals surface area contributed by atoms with E-state index in [1.54, 1.807) is 20.3 Å². The number of ether oxygens (including phenoxy) is 2. The SMILES string of the molecule is COc1ccc(/C=C/C(=O)N2CCC[C@H]2c2ccc(OC)cc2)cc1. The maximum Gasteiger partial charge on any atom is 0.247 e. The first-order valence-electron chi connectivity index (χ1n) is 8.48. The number of likely N-dealkylation sites (tertiary alicyclic amines) is 1. The molecule has 1 fully saturated rings. The zero-order chi connectivity index (χ0) is 17.6. The van der Waals surface area contributed by atoms with Crippen molar-refractivity contribution < 1.29 is 14.3 Å². The molecule has 0 N–H and O–H groups in total. The normalized spacial score (nSPS) is 17.0. The van der Waals surface area contributed by atoms with E-state index in [0.717, 1.165) is 42.0 Å². The molecule has 1 atom stereocenters. The maximum absolute atomic E-state index is 12.6. The van der Waals surface area contributed by atoms with Crippen molar-refractivity contribution in [1.82, 2.24) is 4.90 Å². The van der Waals surface area contributed by atoms with E-state index in [2.05, 4.69) is 0 Å². The van der Waals surface area contributed by atoms with Crippen molar-refractivity contribution in [3.05, 3.63) is 65.7 Å². The van der Waals surface area contributed by atoms with Crippen molar-refractivity contribution >= 4 is 12.0 Å². The van der Waals surface area contributed by atoms with E-state index >= 15 is 0 Å². The quantitative estimate of drug-likeness (QED) is 0.772.